The van der Waals surface area contributed by atoms with E-state index in [0.29, 0.717) is 12.6 Å². The zero-order chi connectivity index (χ0) is 21.8. The van der Waals surface area contributed by atoms with Crippen LogP contribution in [0.3, 0.4) is 0 Å². The molecule has 0 saturated heterocycles. The van der Waals surface area contributed by atoms with Crippen LogP contribution in [0.5, 0.6) is 0 Å². The molecule has 7 nitrogen and oxygen atoms in total. The van der Waals surface area contributed by atoms with Crippen LogP contribution in [-0.2, 0) is 16.1 Å². The summed E-state index contributed by atoms with van der Waals surface area (Å²) in [7, 11) is 0. The number of carbonyl (C=O) groups is 3. The van der Waals surface area contributed by atoms with Crippen molar-refractivity contribution in [3.8, 4) is 0 Å². The highest BCUT2D eigenvalue weighted by Gasteiger charge is 2.35. The molecule has 1 heterocycles. The number of benzene rings is 1. The molecule has 0 spiro atoms. The molecule has 1 saturated carbocycles. The van der Waals surface area contributed by atoms with Gasteiger partial charge in [-0.05, 0) is 32.9 Å². The topological polar surface area (TPSA) is 90.0 Å². The van der Waals surface area contributed by atoms with Gasteiger partial charge in [-0.3, -0.25) is 14.9 Å². The van der Waals surface area contributed by atoms with Gasteiger partial charge in [-0.25, -0.2) is 9.18 Å². The summed E-state index contributed by atoms with van der Waals surface area (Å²) in [5, 5.41) is 2.63. The van der Waals surface area contributed by atoms with Crippen LogP contribution in [0, 0.1) is 12.7 Å². The third kappa shape index (κ3) is 5.13. The van der Waals surface area contributed by atoms with Crippen molar-refractivity contribution < 1.29 is 32.8 Å². The summed E-state index contributed by atoms with van der Waals surface area (Å²) < 4.78 is 23.7. The van der Waals surface area contributed by atoms with Crippen LogP contribution in [0.15, 0.2) is 28.7 Å². The second kappa shape index (κ2) is 9.21. The molecule has 2 N–H and O–H groups in total. The number of hydrogen-bond donors (Lipinski definition) is 2. The van der Waals surface area contributed by atoms with Gasteiger partial charge < -0.3 is 14.1 Å². The van der Waals surface area contributed by atoms with Crippen LogP contribution in [0.25, 0.3) is 0 Å². The van der Waals surface area contributed by atoms with E-state index in [1.54, 1.807) is 26.0 Å². The van der Waals surface area contributed by atoms with Crippen molar-refractivity contribution in [1.29, 1.82) is 0 Å². The van der Waals surface area contributed by atoms with Crippen molar-refractivity contribution in [1.82, 2.24) is 0 Å². The van der Waals surface area contributed by atoms with E-state index in [0.717, 1.165) is 23.3 Å². The molecule has 1 aromatic heterocycles. The molecule has 0 aliphatic heterocycles. The Bertz CT molecular complexity index is 947. The number of carbonyl (C=O) groups excluding carboxylic acids is 3. The highest BCUT2D eigenvalue weighted by molar-refractivity contribution is 6.10. The Hall–Kier alpha value is -3.00. The maximum Gasteiger partial charge on any atom is 0.344 e. The number of hydrogen-bond acceptors (Lipinski definition) is 5. The largest absolute Gasteiger partial charge is 0.462 e. The summed E-state index contributed by atoms with van der Waals surface area (Å²) in [5.74, 6) is -1.52. The monoisotopic (exact) mass is 417 g/mol. The quantitative estimate of drug-likeness (QED) is 0.483. The predicted octanol–water partition coefficient (Wildman–Crippen LogP) is 2.29. The number of esters is 1. The third-order valence-corrected chi connectivity index (χ3v) is 5.06. The molecule has 1 aliphatic carbocycles. The molecule has 0 radical (unpaired) electrons. The van der Waals surface area contributed by atoms with Gasteiger partial charge >= 0.3 is 5.97 Å². The summed E-state index contributed by atoms with van der Waals surface area (Å²) in [6.45, 7) is 5.41. The van der Waals surface area contributed by atoms with Crippen molar-refractivity contribution in [3.05, 3.63) is 52.5 Å². The van der Waals surface area contributed by atoms with E-state index in [2.05, 4.69) is 5.32 Å². The maximum absolute atomic E-state index is 13.2. The van der Waals surface area contributed by atoms with E-state index >= 15 is 0 Å². The van der Waals surface area contributed by atoms with Crippen LogP contribution >= 0.6 is 0 Å². The van der Waals surface area contributed by atoms with Crippen LogP contribution < -0.4 is 10.2 Å². The van der Waals surface area contributed by atoms with Crippen LogP contribution in [0.4, 0.5) is 10.3 Å². The van der Waals surface area contributed by atoms with Gasteiger partial charge in [0.25, 0.3) is 5.91 Å². The SMILES string of the molecule is CCOC(=O)c1c(NC(=O)C[NH+](Cc2ccc(F)cc2)C2CC2)oc(C)c1C(C)=O. The van der Waals surface area contributed by atoms with Crippen molar-refractivity contribution in [2.24, 2.45) is 0 Å². The minimum Gasteiger partial charge on any atom is -0.462 e. The molecule has 1 atom stereocenters. The first-order chi connectivity index (χ1) is 14.3. The first kappa shape index (κ1) is 21.7. The van der Waals surface area contributed by atoms with Gasteiger partial charge in [-0.1, -0.05) is 12.1 Å². The van der Waals surface area contributed by atoms with E-state index in [-0.39, 0.29) is 53.4 Å². The molecule has 2 aromatic rings. The van der Waals surface area contributed by atoms with Crippen molar-refractivity contribution >= 4 is 23.5 Å². The number of rotatable bonds is 9. The Kier molecular flexibility index (Phi) is 6.66. The van der Waals surface area contributed by atoms with Gasteiger partial charge in [-0.15, -0.1) is 0 Å². The lowest BCUT2D eigenvalue weighted by Crippen LogP contribution is -3.13. The number of amides is 1. The molecule has 1 aliphatic rings. The number of Topliss-reactive ketones (excluding diaryl/α,β-unsaturated/α-hetero) is 1. The summed E-state index contributed by atoms with van der Waals surface area (Å²) in [4.78, 5) is 38.1. The lowest BCUT2D eigenvalue weighted by Gasteiger charge is -2.18. The number of quaternary nitrogens is 1. The zero-order valence-electron chi connectivity index (χ0n) is 17.3. The molecule has 160 valence electrons. The van der Waals surface area contributed by atoms with Gasteiger partial charge in [-0.2, -0.15) is 0 Å². The van der Waals surface area contributed by atoms with Crippen molar-refractivity contribution in [2.45, 2.75) is 46.2 Å². The van der Waals surface area contributed by atoms with Gasteiger partial charge in [0, 0.05) is 18.4 Å². The van der Waals surface area contributed by atoms with Crippen LogP contribution in [-0.4, -0.2) is 36.9 Å². The van der Waals surface area contributed by atoms with Crippen molar-refractivity contribution in [2.75, 3.05) is 18.5 Å². The molecule has 8 heteroatoms. The van der Waals surface area contributed by atoms with Crippen molar-refractivity contribution in [3.63, 3.8) is 0 Å². The van der Waals surface area contributed by atoms with Gasteiger partial charge in [0.05, 0.1) is 18.2 Å². The lowest BCUT2D eigenvalue weighted by molar-refractivity contribution is -0.916. The molecular formula is C22H26FN2O5+. The summed E-state index contributed by atoms with van der Waals surface area (Å²) in [5.41, 5.74) is 0.995. The number of ketones is 1. The van der Waals surface area contributed by atoms with Crippen LogP contribution in [0.2, 0.25) is 0 Å². The van der Waals surface area contributed by atoms with Crippen LogP contribution in [0.1, 0.15) is 58.7 Å². The Balaban J connectivity index is 1.75. The second-order valence-corrected chi connectivity index (χ2v) is 7.47. The van der Waals surface area contributed by atoms with E-state index in [1.807, 2.05) is 0 Å². The first-order valence-corrected chi connectivity index (χ1v) is 10.0. The molecule has 1 unspecified atom stereocenters. The number of furan rings is 1. The van der Waals surface area contributed by atoms with E-state index < -0.39 is 5.97 Å². The fraction of sp³-hybridized carbons (Fsp3) is 0.409. The molecule has 3 rings (SSSR count). The Morgan fingerprint density at radius 2 is 1.87 bits per heavy atom. The Labute approximate surface area is 174 Å². The number of nitrogens with one attached hydrogen (secondary N) is 2. The van der Waals surface area contributed by atoms with E-state index in [4.69, 9.17) is 9.15 Å². The summed E-state index contributed by atoms with van der Waals surface area (Å²) >= 11 is 0. The lowest BCUT2D eigenvalue weighted by atomic mass is 10.1. The number of halogens is 1. The van der Waals surface area contributed by atoms with Gasteiger partial charge in [0.15, 0.2) is 12.3 Å². The summed E-state index contributed by atoms with van der Waals surface area (Å²) in [6.07, 6.45) is 2.04. The minimum absolute atomic E-state index is 0.0540. The van der Waals surface area contributed by atoms with E-state index in [1.165, 1.54) is 19.1 Å². The molecular weight excluding hydrogens is 391 g/mol. The first-order valence-electron chi connectivity index (χ1n) is 10.0. The Morgan fingerprint density at radius 3 is 2.43 bits per heavy atom. The molecule has 1 amide bonds. The molecule has 0 bridgehead atoms. The third-order valence-electron chi connectivity index (χ3n) is 5.06. The zero-order valence-corrected chi connectivity index (χ0v) is 17.3. The highest BCUT2D eigenvalue weighted by atomic mass is 19.1. The van der Waals surface area contributed by atoms with Gasteiger partial charge in [0.2, 0.25) is 5.88 Å². The predicted molar refractivity (Wildman–Crippen MR) is 107 cm³/mol. The normalized spacial score (nSPS) is 14.3. The smallest absolute Gasteiger partial charge is 0.344 e. The molecule has 1 fully saturated rings. The molecule has 1 aromatic carbocycles. The average molecular weight is 417 g/mol. The molecule has 30 heavy (non-hydrogen) atoms. The number of anilines is 1. The number of ether oxygens (including phenoxy) is 1. The Morgan fingerprint density at radius 1 is 1.20 bits per heavy atom. The minimum atomic E-state index is -0.715. The second-order valence-electron chi connectivity index (χ2n) is 7.47. The average Bonchev–Trinajstić information content (AvgIpc) is 3.46. The van der Waals surface area contributed by atoms with E-state index in [9.17, 15) is 18.8 Å². The highest BCUT2D eigenvalue weighted by Crippen LogP contribution is 2.28. The number of aryl methyl sites for hydroxylation is 1. The van der Waals surface area contributed by atoms with Gasteiger partial charge in [0.1, 0.15) is 23.7 Å². The summed E-state index contributed by atoms with van der Waals surface area (Å²) in [6, 6.07) is 6.59. The fourth-order valence-corrected chi connectivity index (χ4v) is 3.54. The fourth-order valence-electron chi connectivity index (χ4n) is 3.54. The maximum atomic E-state index is 13.2. The standard InChI is InChI=1S/C22H25FN2O5/c1-4-29-22(28)20-19(13(2)26)14(3)30-21(20)24-18(27)12-25(17-9-10-17)11-15-5-7-16(23)8-6-15/h5-8,17H,4,9-12H2,1-3H3,(H,24,27)/p+1.